The van der Waals surface area contributed by atoms with Crippen LogP contribution in [0.1, 0.15) is 15.9 Å². The van der Waals surface area contributed by atoms with Crippen LogP contribution < -0.4 is 4.74 Å². The number of hydrogen-bond acceptors (Lipinski definition) is 5. The largest absolute Gasteiger partial charge is 0.508 e. The summed E-state index contributed by atoms with van der Waals surface area (Å²) in [6, 6.07) is 9.02. The Morgan fingerprint density at radius 3 is 2.59 bits per heavy atom. The van der Waals surface area contributed by atoms with Gasteiger partial charge in [-0.15, -0.1) is 0 Å². The van der Waals surface area contributed by atoms with Crippen LogP contribution in [0.15, 0.2) is 36.4 Å². The van der Waals surface area contributed by atoms with Gasteiger partial charge < -0.3 is 19.7 Å². The second-order valence-corrected chi connectivity index (χ2v) is 5.03. The summed E-state index contributed by atoms with van der Waals surface area (Å²) >= 11 is 6.01. The van der Waals surface area contributed by atoms with E-state index in [-0.39, 0.29) is 30.3 Å². The van der Waals surface area contributed by atoms with Gasteiger partial charge in [0.15, 0.2) is 0 Å². The van der Waals surface area contributed by atoms with Crippen LogP contribution >= 0.6 is 11.6 Å². The molecule has 0 aliphatic rings. The van der Waals surface area contributed by atoms with Crippen molar-refractivity contribution < 1.29 is 24.5 Å². The highest BCUT2D eigenvalue weighted by Crippen LogP contribution is 2.25. The summed E-state index contributed by atoms with van der Waals surface area (Å²) < 4.78 is 10.4. The van der Waals surface area contributed by atoms with E-state index in [0.29, 0.717) is 10.8 Å². The minimum atomic E-state index is -0.698. The maximum Gasteiger partial charge on any atom is 0.342 e. The molecule has 0 amide bonds. The van der Waals surface area contributed by atoms with Gasteiger partial charge in [0, 0.05) is 6.07 Å². The predicted octanol–water partition coefficient (Wildman–Crippen LogP) is 3.30. The number of phenols is 2. The van der Waals surface area contributed by atoms with E-state index in [2.05, 4.69) is 0 Å². The third kappa shape index (κ3) is 4.05. The molecular formula is C16H15ClO5. The third-order valence-corrected chi connectivity index (χ3v) is 3.16. The number of esters is 1. The van der Waals surface area contributed by atoms with Gasteiger partial charge >= 0.3 is 5.97 Å². The number of aromatic hydroxyl groups is 2. The van der Waals surface area contributed by atoms with Gasteiger partial charge in [-0.1, -0.05) is 17.7 Å². The first kappa shape index (κ1) is 16.0. The second-order valence-electron chi connectivity index (χ2n) is 4.62. The van der Waals surface area contributed by atoms with Crippen LogP contribution in [0.2, 0.25) is 5.02 Å². The van der Waals surface area contributed by atoms with E-state index in [1.165, 1.54) is 12.1 Å². The summed E-state index contributed by atoms with van der Waals surface area (Å²) in [6.07, 6.45) is 0. The molecule has 0 spiro atoms. The highest BCUT2D eigenvalue weighted by Gasteiger charge is 2.13. The molecule has 0 aliphatic carbocycles. The fraction of sp³-hybridized carbons (Fsp3) is 0.188. The van der Waals surface area contributed by atoms with Crippen LogP contribution in [-0.4, -0.2) is 29.4 Å². The van der Waals surface area contributed by atoms with E-state index >= 15 is 0 Å². The van der Waals surface area contributed by atoms with Gasteiger partial charge in [0.1, 0.15) is 36.0 Å². The molecule has 0 heterocycles. The first-order valence-corrected chi connectivity index (χ1v) is 6.93. The van der Waals surface area contributed by atoms with Gasteiger partial charge in [-0.3, -0.25) is 0 Å². The Morgan fingerprint density at radius 1 is 1.14 bits per heavy atom. The fourth-order valence-corrected chi connectivity index (χ4v) is 2.07. The van der Waals surface area contributed by atoms with Gasteiger partial charge in [-0.05, 0) is 36.8 Å². The van der Waals surface area contributed by atoms with E-state index in [1.807, 2.05) is 13.0 Å². The van der Waals surface area contributed by atoms with Gasteiger partial charge in [0.25, 0.3) is 0 Å². The number of carbonyl (C=O) groups is 1. The average Bonchev–Trinajstić information content (AvgIpc) is 2.45. The lowest BCUT2D eigenvalue weighted by Gasteiger charge is -2.10. The molecule has 0 radical (unpaired) electrons. The number of rotatable bonds is 5. The normalized spacial score (nSPS) is 10.3. The summed E-state index contributed by atoms with van der Waals surface area (Å²) in [7, 11) is 0. The van der Waals surface area contributed by atoms with E-state index in [4.69, 9.17) is 26.2 Å². The zero-order valence-electron chi connectivity index (χ0n) is 11.9. The molecule has 2 rings (SSSR count). The van der Waals surface area contributed by atoms with Crippen molar-refractivity contribution in [2.45, 2.75) is 6.92 Å². The van der Waals surface area contributed by atoms with Gasteiger partial charge in [0.05, 0.1) is 5.02 Å². The van der Waals surface area contributed by atoms with Crippen LogP contribution in [0.5, 0.6) is 17.2 Å². The molecule has 0 aromatic heterocycles. The molecule has 0 aliphatic heterocycles. The summed E-state index contributed by atoms with van der Waals surface area (Å²) in [5, 5.41) is 19.2. The third-order valence-electron chi connectivity index (χ3n) is 2.86. The number of carbonyl (C=O) groups excluding carboxylic acids is 1. The maximum absolute atomic E-state index is 11.8. The Kier molecular flexibility index (Phi) is 5.12. The molecule has 2 N–H and O–H groups in total. The monoisotopic (exact) mass is 322 g/mol. The molecule has 116 valence electrons. The van der Waals surface area contributed by atoms with Gasteiger partial charge in [0.2, 0.25) is 0 Å². The average molecular weight is 323 g/mol. The number of halogens is 1. The van der Waals surface area contributed by atoms with Crippen molar-refractivity contribution in [1.82, 2.24) is 0 Å². The van der Waals surface area contributed by atoms with Crippen molar-refractivity contribution in [3.8, 4) is 17.2 Å². The first-order valence-electron chi connectivity index (χ1n) is 6.55. The lowest BCUT2D eigenvalue weighted by atomic mass is 10.2. The van der Waals surface area contributed by atoms with Crippen LogP contribution in [-0.2, 0) is 4.74 Å². The molecular weight excluding hydrogens is 308 g/mol. The second kappa shape index (κ2) is 7.04. The smallest absolute Gasteiger partial charge is 0.342 e. The van der Waals surface area contributed by atoms with Crippen LogP contribution in [0.25, 0.3) is 0 Å². The minimum absolute atomic E-state index is 0.00333. The number of phenolic OH excluding ortho intramolecular Hbond substituents is 2. The Bertz CT molecular complexity index is 684. The molecule has 2 aromatic carbocycles. The highest BCUT2D eigenvalue weighted by molar-refractivity contribution is 6.32. The quantitative estimate of drug-likeness (QED) is 0.652. The summed E-state index contributed by atoms with van der Waals surface area (Å²) in [6.45, 7) is 2.05. The fourth-order valence-electron chi connectivity index (χ4n) is 1.78. The molecule has 0 fully saturated rings. The number of benzene rings is 2. The number of aryl methyl sites for hydroxylation is 1. The molecule has 0 bridgehead atoms. The topological polar surface area (TPSA) is 76.0 Å². The van der Waals surface area contributed by atoms with Crippen LogP contribution in [0.4, 0.5) is 0 Å². The van der Waals surface area contributed by atoms with E-state index in [0.717, 1.165) is 11.6 Å². The lowest BCUT2D eigenvalue weighted by Crippen LogP contribution is -2.12. The van der Waals surface area contributed by atoms with E-state index in [1.54, 1.807) is 12.1 Å². The molecule has 0 saturated carbocycles. The standard InChI is InChI=1S/C16H15ClO5/c1-10-2-5-15(13(17)8-10)21-6-7-22-16(20)12-4-3-11(18)9-14(12)19/h2-5,8-9,18-19H,6-7H2,1H3. The highest BCUT2D eigenvalue weighted by atomic mass is 35.5. The predicted molar refractivity (Wildman–Crippen MR) is 81.7 cm³/mol. The van der Waals surface area contributed by atoms with E-state index in [9.17, 15) is 9.90 Å². The lowest BCUT2D eigenvalue weighted by molar-refractivity contribution is 0.0447. The van der Waals surface area contributed by atoms with Crippen molar-refractivity contribution >= 4 is 17.6 Å². The summed E-state index contributed by atoms with van der Waals surface area (Å²) in [4.78, 5) is 11.8. The van der Waals surface area contributed by atoms with Crippen LogP contribution in [0.3, 0.4) is 0 Å². The molecule has 0 saturated heterocycles. The van der Waals surface area contributed by atoms with E-state index < -0.39 is 5.97 Å². The SMILES string of the molecule is Cc1ccc(OCCOC(=O)c2ccc(O)cc2O)c(Cl)c1. The van der Waals surface area contributed by atoms with Crippen molar-refractivity contribution in [2.24, 2.45) is 0 Å². The molecule has 0 atom stereocenters. The molecule has 22 heavy (non-hydrogen) atoms. The zero-order chi connectivity index (χ0) is 16.1. The van der Waals surface area contributed by atoms with Gasteiger partial charge in [-0.25, -0.2) is 4.79 Å². The maximum atomic E-state index is 11.8. The molecule has 2 aromatic rings. The Morgan fingerprint density at radius 2 is 1.91 bits per heavy atom. The Hall–Kier alpha value is -2.40. The minimum Gasteiger partial charge on any atom is -0.508 e. The van der Waals surface area contributed by atoms with Crippen molar-refractivity contribution in [2.75, 3.05) is 13.2 Å². The zero-order valence-corrected chi connectivity index (χ0v) is 12.6. The molecule has 0 unspecified atom stereocenters. The number of ether oxygens (including phenoxy) is 2. The Labute approximate surface area is 132 Å². The molecule has 5 nitrogen and oxygen atoms in total. The summed E-state index contributed by atoms with van der Waals surface area (Å²) in [5.41, 5.74) is 0.998. The summed E-state index contributed by atoms with van der Waals surface area (Å²) in [5.74, 6) is -0.661. The first-order chi connectivity index (χ1) is 10.5. The Balaban J connectivity index is 1.84. The van der Waals surface area contributed by atoms with Crippen molar-refractivity contribution in [1.29, 1.82) is 0 Å². The molecule has 6 heteroatoms. The van der Waals surface area contributed by atoms with Crippen LogP contribution in [0, 0.1) is 6.92 Å². The van der Waals surface area contributed by atoms with Gasteiger partial charge in [-0.2, -0.15) is 0 Å². The van der Waals surface area contributed by atoms with Crippen molar-refractivity contribution in [3.05, 3.63) is 52.5 Å². The van der Waals surface area contributed by atoms with Crippen molar-refractivity contribution in [3.63, 3.8) is 0 Å². The number of hydrogen-bond donors (Lipinski definition) is 2.